The molecule has 0 radical (unpaired) electrons. The highest BCUT2D eigenvalue weighted by atomic mass is 79.9. The summed E-state index contributed by atoms with van der Waals surface area (Å²) >= 11 is 5.34. The zero-order valence-electron chi connectivity index (χ0n) is 12.4. The highest BCUT2D eigenvalue weighted by molar-refractivity contribution is 9.11. The van der Waals surface area contributed by atoms with E-state index in [0.717, 1.165) is 11.4 Å². The Hall–Kier alpha value is -0.850. The third-order valence-corrected chi connectivity index (χ3v) is 5.43. The van der Waals surface area contributed by atoms with Crippen molar-refractivity contribution in [3.05, 3.63) is 32.2 Å². The Morgan fingerprint density at radius 3 is 2.60 bits per heavy atom. The van der Waals surface area contributed by atoms with Crippen molar-refractivity contribution >= 4 is 27.3 Å². The zero-order chi connectivity index (χ0) is 14.9. The minimum atomic E-state index is 0.0739. The van der Waals surface area contributed by atoms with Crippen LogP contribution in [-0.2, 0) is 0 Å². The summed E-state index contributed by atoms with van der Waals surface area (Å²) in [5.74, 6) is 0.820. The molecular formula is C14H20BrN3OS. The molecule has 2 heterocycles. The minimum absolute atomic E-state index is 0.0739. The minimum Gasteiger partial charge on any atom is -0.493 e. The summed E-state index contributed by atoms with van der Waals surface area (Å²) in [5, 5.41) is 7.83. The van der Waals surface area contributed by atoms with Crippen LogP contribution >= 0.6 is 27.3 Å². The molecule has 0 amide bonds. The highest BCUT2D eigenvalue weighted by Crippen LogP contribution is 2.37. The van der Waals surface area contributed by atoms with Crippen LogP contribution in [0.25, 0.3) is 0 Å². The molecule has 0 aliphatic rings. The topological polar surface area (TPSA) is 39.1 Å². The van der Waals surface area contributed by atoms with E-state index in [1.165, 1.54) is 14.2 Å². The van der Waals surface area contributed by atoms with Crippen molar-refractivity contribution in [3.63, 3.8) is 0 Å². The van der Waals surface area contributed by atoms with Crippen LogP contribution in [0, 0.1) is 6.92 Å². The second kappa shape index (κ2) is 6.28. The van der Waals surface area contributed by atoms with Gasteiger partial charge in [-0.05, 0) is 55.4 Å². The number of nitrogens with zero attached hydrogens (tertiary/aromatic N) is 2. The van der Waals surface area contributed by atoms with Crippen LogP contribution in [0.1, 0.15) is 42.1 Å². The SMILES string of the molecule is CNC(c1cc(C)c(Br)s1)c1c(OC)cnn1C(C)C. The van der Waals surface area contributed by atoms with Crippen molar-refractivity contribution in [3.8, 4) is 5.75 Å². The average Bonchev–Trinajstić information content (AvgIpc) is 2.96. The average molecular weight is 358 g/mol. The van der Waals surface area contributed by atoms with Gasteiger partial charge in [-0.1, -0.05) is 0 Å². The van der Waals surface area contributed by atoms with Crippen molar-refractivity contribution in [1.82, 2.24) is 15.1 Å². The van der Waals surface area contributed by atoms with Crippen LogP contribution in [0.4, 0.5) is 0 Å². The molecular weight excluding hydrogens is 338 g/mol. The molecule has 0 aromatic carbocycles. The van der Waals surface area contributed by atoms with E-state index >= 15 is 0 Å². The van der Waals surface area contributed by atoms with E-state index < -0.39 is 0 Å². The molecule has 4 nitrogen and oxygen atoms in total. The molecule has 2 aromatic heterocycles. The highest BCUT2D eigenvalue weighted by Gasteiger charge is 2.25. The number of aryl methyl sites for hydroxylation is 1. The molecule has 2 rings (SSSR count). The summed E-state index contributed by atoms with van der Waals surface area (Å²) in [7, 11) is 3.65. The standard InChI is InChI=1S/C14H20BrN3OS/c1-8(2)18-13(10(19-5)7-17-18)12(16-4)11-6-9(3)14(15)20-11/h6-8,12,16H,1-5H3. The number of methoxy groups -OCH3 is 1. The fourth-order valence-corrected chi connectivity index (χ4v) is 3.92. The molecule has 20 heavy (non-hydrogen) atoms. The Labute approximate surface area is 132 Å². The van der Waals surface area contributed by atoms with E-state index in [1.54, 1.807) is 24.6 Å². The maximum atomic E-state index is 5.49. The Morgan fingerprint density at radius 1 is 1.45 bits per heavy atom. The van der Waals surface area contributed by atoms with Gasteiger partial charge in [0.25, 0.3) is 0 Å². The molecule has 0 fully saturated rings. The molecule has 0 spiro atoms. The number of hydrogen-bond donors (Lipinski definition) is 1. The number of hydrogen-bond acceptors (Lipinski definition) is 4. The molecule has 1 unspecified atom stereocenters. The predicted octanol–water partition coefficient (Wildman–Crippen LogP) is 3.91. The van der Waals surface area contributed by atoms with E-state index in [-0.39, 0.29) is 12.1 Å². The van der Waals surface area contributed by atoms with Crippen LogP contribution in [0.5, 0.6) is 5.75 Å². The van der Waals surface area contributed by atoms with Gasteiger partial charge in [-0.15, -0.1) is 11.3 Å². The smallest absolute Gasteiger partial charge is 0.161 e. The van der Waals surface area contributed by atoms with Gasteiger partial charge in [0.15, 0.2) is 5.75 Å². The van der Waals surface area contributed by atoms with Crippen molar-refractivity contribution in [2.75, 3.05) is 14.2 Å². The summed E-state index contributed by atoms with van der Waals surface area (Å²) in [5.41, 5.74) is 2.32. The van der Waals surface area contributed by atoms with Gasteiger partial charge in [0.2, 0.25) is 0 Å². The number of ether oxygens (including phenoxy) is 1. The second-order valence-electron chi connectivity index (χ2n) is 4.96. The van der Waals surface area contributed by atoms with Crippen LogP contribution < -0.4 is 10.1 Å². The fraction of sp³-hybridized carbons (Fsp3) is 0.500. The van der Waals surface area contributed by atoms with Gasteiger partial charge in [0.1, 0.15) is 5.69 Å². The number of halogens is 1. The molecule has 2 aromatic rings. The summed E-state index contributed by atoms with van der Waals surface area (Å²) in [6, 6.07) is 2.56. The lowest BCUT2D eigenvalue weighted by Crippen LogP contribution is -2.22. The number of thiophene rings is 1. The van der Waals surface area contributed by atoms with Crippen LogP contribution in [-0.4, -0.2) is 23.9 Å². The molecule has 0 saturated heterocycles. The number of nitrogens with one attached hydrogen (secondary N) is 1. The zero-order valence-corrected chi connectivity index (χ0v) is 14.8. The van der Waals surface area contributed by atoms with Crippen molar-refractivity contribution in [1.29, 1.82) is 0 Å². The number of aromatic nitrogens is 2. The largest absolute Gasteiger partial charge is 0.493 e. The third kappa shape index (κ3) is 2.77. The summed E-state index contributed by atoms with van der Waals surface area (Å²) in [6.07, 6.45) is 1.79. The van der Waals surface area contributed by atoms with E-state index in [1.807, 2.05) is 11.7 Å². The van der Waals surface area contributed by atoms with Gasteiger partial charge in [-0.3, -0.25) is 4.68 Å². The van der Waals surface area contributed by atoms with E-state index in [0.29, 0.717) is 0 Å². The lowest BCUT2D eigenvalue weighted by Gasteiger charge is -2.20. The van der Waals surface area contributed by atoms with E-state index in [2.05, 4.69) is 53.2 Å². The second-order valence-corrected chi connectivity index (χ2v) is 7.37. The van der Waals surface area contributed by atoms with Crippen molar-refractivity contribution in [2.24, 2.45) is 0 Å². The lowest BCUT2D eigenvalue weighted by atomic mass is 10.1. The molecule has 0 saturated carbocycles. The maximum Gasteiger partial charge on any atom is 0.161 e. The van der Waals surface area contributed by atoms with Gasteiger partial charge in [0.05, 0.1) is 23.1 Å². The van der Waals surface area contributed by atoms with Gasteiger partial charge in [-0.2, -0.15) is 5.10 Å². The Kier molecular flexibility index (Phi) is 4.88. The lowest BCUT2D eigenvalue weighted by molar-refractivity contribution is 0.397. The molecule has 1 atom stereocenters. The van der Waals surface area contributed by atoms with Crippen LogP contribution in [0.15, 0.2) is 16.0 Å². The van der Waals surface area contributed by atoms with Crippen LogP contribution in [0.2, 0.25) is 0 Å². The summed E-state index contributed by atoms with van der Waals surface area (Å²) < 4.78 is 8.67. The normalized spacial score (nSPS) is 12.9. The van der Waals surface area contributed by atoms with Gasteiger partial charge in [-0.25, -0.2) is 0 Å². The van der Waals surface area contributed by atoms with Gasteiger partial charge in [0, 0.05) is 10.9 Å². The molecule has 0 bridgehead atoms. The first kappa shape index (κ1) is 15.5. The van der Waals surface area contributed by atoms with Crippen molar-refractivity contribution in [2.45, 2.75) is 32.9 Å². The Bertz CT molecular complexity index is 572. The Morgan fingerprint density at radius 2 is 2.15 bits per heavy atom. The summed E-state index contributed by atoms with van der Waals surface area (Å²) in [6.45, 7) is 6.35. The molecule has 0 aliphatic carbocycles. The molecule has 1 N–H and O–H groups in total. The first-order valence-electron chi connectivity index (χ1n) is 6.54. The van der Waals surface area contributed by atoms with E-state index in [4.69, 9.17) is 4.74 Å². The number of rotatable bonds is 5. The molecule has 110 valence electrons. The quantitative estimate of drug-likeness (QED) is 0.881. The van der Waals surface area contributed by atoms with E-state index in [9.17, 15) is 0 Å². The fourth-order valence-electron chi connectivity index (χ4n) is 2.24. The molecule has 6 heteroatoms. The third-order valence-electron chi connectivity index (χ3n) is 3.23. The van der Waals surface area contributed by atoms with Gasteiger partial charge >= 0.3 is 0 Å². The van der Waals surface area contributed by atoms with Crippen molar-refractivity contribution < 1.29 is 4.74 Å². The first-order chi connectivity index (χ1) is 9.49. The van der Waals surface area contributed by atoms with Gasteiger partial charge < -0.3 is 10.1 Å². The monoisotopic (exact) mass is 357 g/mol. The summed E-state index contributed by atoms with van der Waals surface area (Å²) in [4.78, 5) is 1.25. The molecule has 0 aliphatic heterocycles. The first-order valence-corrected chi connectivity index (χ1v) is 8.15. The Balaban J connectivity index is 2.53. The predicted molar refractivity (Wildman–Crippen MR) is 86.8 cm³/mol. The maximum absolute atomic E-state index is 5.49. The van der Waals surface area contributed by atoms with Crippen LogP contribution in [0.3, 0.4) is 0 Å².